The van der Waals surface area contributed by atoms with Crippen LogP contribution < -0.4 is 10.1 Å². The summed E-state index contributed by atoms with van der Waals surface area (Å²) in [6.07, 6.45) is 0.101. The Morgan fingerprint density at radius 1 is 1.08 bits per heavy atom. The van der Waals surface area contributed by atoms with Crippen molar-refractivity contribution in [3.8, 4) is 5.75 Å². The number of halogens is 1. The summed E-state index contributed by atoms with van der Waals surface area (Å²) in [7, 11) is 1.58. The third kappa shape index (κ3) is 6.12. The van der Waals surface area contributed by atoms with Gasteiger partial charge in [0.25, 0.3) is 5.91 Å². The quantitative estimate of drug-likeness (QED) is 0.768. The van der Waals surface area contributed by atoms with Crippen LogP contribution in [-0.4, -0.2) is 25.6 Å². The maximum Gasteiger partial charge on any atom is 0.310 e. The van der Waals surface area contributed by atoms with Gasteiger partial charge in [0.05, 0.1) is 19.6 Å². The van der Waals surface area contributed by atoms with Crippen molar-refractivity contribution in [2.24, 2.45) is 0 Å². The monoisotopic (exact) mass is 361 g/mol. The molecule has 0 aliphatic carbocycles. The first-order valence-corrected chi connectivity index (χ1v) is 8.19. The van der Waals surface area contributed by atoms with Crippen LogP contribution in [0.15, 0.2) is 48.5 Å². The zero-order valence-corrected chi connectivity index (χ0v) is 14.9. The first-order chi connectivity index (χ1) is 12.0. The van der Waals surface area contributed by atoms with Crippen LogP contribution in [0.5, 0.6) is 5.75 Å². The van der Waals surface area contributed by atoms with Gasteiger partial charge in [-0.1, -0.05) is 35.9 Å². The van der Waals surface area contributed by atoms with Gasteiger partial charge in [-0.05, 0) is 42.3 Å². The molecule has 1 atom stereocenters. The highest BCUT2D eigenvalue weighted by atomic mass is 35.5. The molecule has 0 unspecified atom stereocenters. The number of amides is 1. The van der Waals surface area contributed by atoms with Crippen LogP contribution >= 0.6 is 11.6 Å². The highest BCUT2D eigenvalue weighted by Gasteiger charge is 2.12. The van der Waals surface area contributed by atoms with Crippen LogP contribution in [0.1, 0.15) is 24.1 Å². The lowest BCUT2D eigenvalue weighted by atomic mass is 10.1. The average molecular weight is 362 g/mol. The molecule has 2 rings (SSSR count). The van der Waals surface area contributed by atoms with Crippen molar-refractivity contribution in [1.82, 2.24) is 5.32 Å². The van der Waals surface area contributed by atoms with Crippen LogP contribution in [0.3, 0.4) is 0 Å². The molecule has 132 valence electrons. The third-order valence-corrected chi connectivity index (χ3v) is 3.87. The normalized spacial score (nSPS) is 11.5. The number of rotatable bonds is 7. The standard InChI is InChI=1S/C19H20ClNO4/c1-13(15-5-7-16(20)8-6-15)21-18(22)12-25-19(23)11-14-3-9-17(24-2)10-4-14/h3-10,13H,11-12H2,1-2H3,(H,21,22)/t13-/m1/s1. The van der Waals surface area contributed by atoms with Crippen molar-refractivity contribution in [1.29, 1.82) is 0 Å². The largest absolute Gasteiger partial charge is 0.497 e. The van der Waals surface area contributed by atoms with Gasteiger partial charge in [0, 0.05) is 5.02 Å². The summed E-state index contributed by atoms with van der Waals surface area (Å²) in [6, 6.07) is 14.1. The number of esters is 1. The van der Waals surface area contributed by atoms with Crippen LogP contribution in [0, 0.1) is 0 Å². The topological polar surface area (TPSA) is 64.6 Å². The van der Waals surface area contributed by atoms with E-state index < -0.39 is 5.97 Å². The molecule has 0 aliphatic heterocycles. The minimum absolute atomic E-state index is 0.101. The molecule has 0 bridgehead atoms. The van der Waals surface area contributed by atoms with Crippen LogP contribution in [-0.2, 0) is 20.7 Å². The molecule has 1 N–H and O–H groups in total. The number of hydrogen-bond donors (Lipinski definition) is 1. The summed E-state index contributed by atoms with van der Waals surface area (Å²) >= 11 is 5.84. The molecule has 0 aromatic heterocycles. The Labute approximate surface area is 151 Å². The zero-order chi connectivity index (χ0) is 18.2. The molecule has 2 aromatic carbocycles. The predicted octanol–water partition coefficient (Wildman–Crippen LogP) is 3.31. The van der Waals surface area contributed by atoms with Gasteiger partial charge in [0.1, 0.15) is 5.75 Å². The molecule has 1 amide bonds. The van der Waals surface area contributed by atoms with Crippen molar-refractivity contribution in [3.63, 3.8) is 0 Å². The fraction of sp³-hybridized carbons (Fsp3) is 0.263. The summed E-state index contributed by atoms with van der Waals surface area (Å²) in [4.78, 5) is 23.7. The number of ether oxygens (including phenoxy) is 2. The van der Waals surface area contributed by atoms with Crippen LogP contribution in [0.4, 0.5) is 0 Å². The first-order valence-electron chi connectivity index (χ1n) is 7.81. The number of nitrogens with one attached hydrogen (secondary N) is 1. The van der Waals surface area contributed by atoms with Crippen molar-refractivity contribution >= 4 is 23.5 Å². The fourth-order valence-electron chi connectivity index (χ4n) is 2.23. The van der Waals surface area contributed by atoms with Crippen molar-refractivity contribution in [3.05, 3.63) is 64.7 Å². The van der Waals surface area contributed by atoms with Gasteiger partial charge >= 0.3 is 5.97 Å². The van der Waals surface area contributed by atoms with Gasteiger partial charge in [0.15, 0.2) is 6.61 Å². The fourth-order valence-corrected chi connectivity index (χ4v) is 2.35. The Balaban J connectivity index is 1.76. The minimum atomic E-state index is -0.459. The maximum atomic E-state index is 11.9. The SMILES string of the molecule is COc1ccc(CC(=O)OCC(=O)N[C@H](C)c2ccc(Cl)cc2)cc1. The van der Waals surface area contributed by atoms with Gasteiger partial charge < -0.3 is 14.8 Å². The van der Waals surface area contributed by atoms with Gasteiger partial charge in [0.2, 0.25) is 0 Å². The van der Waals surface area contributed by atoms with E-state index in [1.54, 1.807) is 43.5 Å². The summed E-state index contributed by atoms with van der Waals surface area (Å²) < 4.78 is 10.1. The van der Waals surface area contributed by atoms with Gasteiger partial charge in [-0.3, -0.25) is 9.59 Å². The lowest BCUT2D eigenvalue weighted by molar-refractivity contribution is -0.148. The lowest BCUT2D eigenvalue weighted by Crippen LogP contribution is -2.31. The summed E-state index contributed by atoms with van der Waals surface area (Å²) in [5.41, 5.74) is 1.71. The summed E-state index contributed by atoms with van der Waals surface area (Å²) in [5, 5.41) is 3.41. The van der Waals surface area contributed by atoms with E-state index in [2.05, 4.69) is 5.32 Å². The molecule has 0 saturated carbocycles. The van der Waals surface area contributed by atoms with E-state index in [9.17, 15) is 9.59 Å². The highest BCUT2D eigenvalue weighted by molar-refractivity contribution is 6.30. The van der Waals surface area contributed by atoms with Gasteiger partial charge in [-0.2, -0.15) is 0 Å². The molecule has 0 spiro atoms. The van der Waals surface area contributed by atoms with Crippen molar-refractivity contribution < 1.29 is 19.1 Å². The second kappa shape index (κ2) is 9.08. The predicted molar refractivity (Wildman–Crippen MR) is 95.7 cm³/mol. The van der Waals surface area contributed by atoms with E-state index in [-0.39, 0.29) is 25.0 Å². The molecule has 0 fully saturated rings. The third-order valence-electron chi connectivity index (χ3n) is 3.62. The summed E-state index contributed by atoms with van der Waals surface area (Å²) in [5.74, 6) is -0.0994. The molecule has 0 heterocycles. The number of carbonyl (C=O) groups is 2. The lowest BCUT2D eigenvalue weighted by Gasteiger charge is -2.14. The zero-order valence-electron chi connectivity index (χ0n) is 14.1. The Hall–Kier alpha value is -2.53. The van der Waals surface area contributed by atoms with E-state index >= 15 is 0 Å². The smallest absolute Gasteiger partial charge is 0.310 e. The number of methoxy groups -OCH3 is 1. The van der Waals surface area contributed by atoms with E-state index in [0.29, 0.717) is 10.8 Å². The molecule has 0 saturated heterocycles. The van der Waals surface area contributed by atoms with Crippen LogP contribution in [0.25, 0.3) is 0 Å². The Morgan fingerprint density at radius 3 is 2.32 bits per heavy atom. The molecular weight excluding hydrogens is 342 g/mol. The maximum absolute atomic E-state index is 11.9. The number of benzene rings is 2. The average Bonchev–Trinajstić information content (AvgIpc) is 2.61. The van der Waals surface area contributed by atoms with Crippen molar-refractivity contribution in [2.45, 2.75) is 19.4 Å². The second-order valence-electron chi connectivity index (χ2n) is 5.53. The molecular formula is C19H20ClNO4. The Kier molecular flexibility index (Phi) is 6.83. The van der Waals surface area contributed by atoms with Crippen molar-refractivity contribution in [2.75, 3.05) is 13.7 Å². The Bertz CT molecular complexity index is 713. The van der Waals surface area contributed by atoms with E-state index in [4.69, 9.17) is 21.1 Å². The molecule has 25 heavy (non-hydrogen) atoms. The minimum Gasteiger partial charge on any atom is -0.497 e. The van der Waals surface area contributed by atoms with E-state index in [1.165, 1.54) is 0 Å². The number of carbonyl (C=O) groups excluding carboxylic acids is 2. The number of hydrogen-bond acceptors (Lipinski definition) is 4. The van der Waals surface area contributed by atoms with E-state index in [0.717, 1.165) is 11.1 Å². The Morgan fingerprint density at radius 2 is 1.72 bits per heavy atom. The van der Waals surface area contributed by atoms with Gasteiger partial charge in [-0.25, -0.2) is 0 Å². The first kappa shape index (κ1) is 18.8. The van der Waals surface area contributed by atoms with Crippen LogP contribution in [0.2, 0.25) is 5.02 Å². The van der Waals surface area contributed by atoms with Gasteiger partial charge in [-0.15, -0.1) is 0 Å². The van der Waals surface area contributed by atoms with E-state index in [1.807, 2.05) is 19.1 Å². The second-order valence-corrected chi connectivity index (χ2v) is 5.96. The highest BCUT2D eigenvalue weighted by Crippen LogP contribution is 2.16. The summed E-state index contributed by atoms with van der Waals surface area (Å²) in [6.45, 7) is 1.53. The molecule has 0 aliphatic rings. The molecule has 2 aromatic rings. The molecule has 0 radical (unpaired) electrons. The molecule has 5 nitrogen and oxygen atoms in total. The molecule has 6 heteroatoms.